The molecule has 0 aromatic heterocycles. The van der Waals surface area contributed by atoms with Crippen molar-refractivity contribution in [3.8, 4) is 0 Å². The Hall–Kier alpha value is -1.64. The van der Waals surface area contributed by atoms with Gasteiger partial charge in [-0.15, -0.1) is 0 Å². The third-order valence-electron chi connectivity index (χ3n) is 3.69. The number of rotatable bonds is 5. The first kappa shape index (κ1) is 17.7. The van der Waals surface area contributed by atoms with Gasteiger partial charge in [0.25, 0.3) is 0 Å². The monoisotopic (exact) mass is 359 g/mol. The van der Waals surface area contributed by atoms with E-state index in [1.165, 1.54) is 12.1 Å². The lowest BCUT2D eigenvalue weighted by Crippen LogP contribution is -2.47. The van der Waals surface area contributed by atoms with Gasteiger partial charge in [-0.2, -0.15) is 4.31 Å². The van der Waals surface area contributed by atoms with Gasteiger partial charge in [-0.25, -0.2) is 8.42 Å². The number of benzene rings is 1. The van der Waals surface area contributed by atoms with Gasteiger partial charge in [0.15, 0.2) is 0 Å². The smallest absolute Gasteiger partial charge is 0.243 e. The second kappa shape index (κ2) is 6.86. The van der Waals surface area contributed by atoms with Crippen LogP contribution in [0.4, 0.5) is 0 Å². The highest BCUT2D eigenvalue weighted by Gasteiger charge is 2.39. The zero-order chi connectivity index (χ0) is 17.2. The number of carbonyl (C=O) groups excluding carboxylic acids is 2. The highest BCUT2D eigenvalue weighted by atomic mass is 35.5. The van der Waals surface area contributed by atoms with Crippen LogP contribution < -0.4 is 11.1 Å². The molecule has 9 heteroatoms. The molecule has 0 aliphatic carbocycles. The van der Waals surface area contributed by atoms with Crippen LogP contribution in [0.15, 0.2) is 23.1 Å². The summed E-state index contributed by atoms with van der Waals surface area (Å²) < 4.78 is 26.6. The van der Waals surface area contributed by atoms with Gasteiger partial charge in [0.1, 0.15) is 6.04 Å². The molecule has 0 bridgehead atoms. The van der Waals surface area contributed by atoms with Crippen LogP contribution in [0.2, 0.25) is 5.02 Å². The zero-order valence-electron chi connectivity index (χ0n) is 12.6. The lowest BCUT2D eigenvalue weighted by atomic mass is 10.2. The minimum atomic E-state index is -3.84. The molecule has 1 aromatic rings. The van der Waals surface area contributed by atoms with Gasteiger partial charge < -0.3 is 11.1 Å². The molecule has 1 heterocycles. The van der Waals surface area contributed by atoms with Crippen LogP contribution in [0.1, 0.15) is 18.4 Å². The molecule has 1 aliphatic rings. The number of nitrogens with zero attached hydrogens (tertiary/aromatic N) is 1. The molecule has 1 aliphatic heterocycles. The van der Waals surface area contributed by atoms with Gasteiger partial charge in [0, 0.05) is 11.6 Å². The molecule has 7 nitrogen and oxygen atoms in total. The summed E-state index contributed by atoms with van der Waals surface area (Å²) in [6.45, 7) is 1.69. The molecule has 23 heavy (non-hydrogen) atoms. The minimum absolute atomic E-state index is 0.0442. The molecule has 1 atom stereocenters. The van der Waals surface area contributed by atoms with Crippen molar-refractivity contribution in [2.45, 2.75) is 30.7 Å². The fourth-order valence-corrected chi connectivity index (χ4v) is 4.38. The van der Waals surface area contributed by atoms with Crippen LogP contribution in [-0.2, 0) is 19.6 Å². The first-order valence-electron chi connectivity index (χ1n) is 7.07. The third-order valence-corrected chi connectivity index (χ3v) is 6.00. The van der Waals surface area contributed by atoms with Crippen molar-refractivity contribution >= 4 is 33.4 Å². The quantitative estimate of drug-likeness (QED) is 0.793. The molecular formula is C14H18ClN3O4S. The van der Waals surface area contributed by atoms with E-state index < -0.39 is 27.9 Å². The normalized spacial score (nSPS) is 18.8. The van der Waals surface area contributed by atoms with E-state index in [0.29, 0.717) is 17.9 Å². The second-order valence-electron chi connectivity index (χ2n) is 5.37. The molecule has 1 unspecified atom stereocenters. The van der Waals surface area contributed by atoms with Gasteiger partial charge >= 0.3 is 0 Å². The highest BCUT2D eigenvalue weighted by molar-refractivity contribution is 7.89. The zero-order valence-corrected chi connectivity index (χ0v) is 14.2. The number of nitrogens with two attached hydrogens (primary N) is 1. The number of amides is 2. The fraction of sp³-hybridized carbons (Fsp3) is 0.429. The molecular weight excluding hydrogens is 342 g/mol. The summed E-state index contributed by atoms with van der Waals surface area (Å²) in [7, 11) is -3.84. The number of sulfonamides is 1. The number of hydrogen-bond acceptors (Lipinski definition) is 4. The summed E-state index contributed by atoms with van der Waals surface area (Å²) in [4.78, 5) is 22.9. The van der Waals surface area contributed by atoms with Gasteiger partial charge in [-0.05, 0) is 37.5 Å². The van der Waals surface area contributed by atoms with Crippen LogP contribution in [0.3, 0.4) is 0 Å². The van der Waals surface area contributed by atoms with Crippen molar-refractivity contribution in [2.24, 2.45) is 5.73 Å². The van der Waals surface area contributed by atoms with E-state index in [0.717, 1.165) is 9.87 Å². The lowest BCUT2D eigenvalue weighted by Gasteiger charge is -2.23. The van der Waals surface area contributed by atoms with E-state index in [1.54, 1.807) is 13.0 Å². The number of nitrogens with one attached hydrogen (secondary N) is 1. The highest BCUT2D eigenvalue weighted by Crippen LogP contribution is 2.28. The summed E-state index contributed by atoms with van der Waals surface area (Å²) >= 11 is 6.00. The maximum absolute atomic E-state index is 12.7. The summed E-state index contributed by atoms with van der Waals surface area (Å²) in [5, 5.41) is 2.70. The Labute approximate surface area is 139 Å². The molecule has 1 fully saturated rings. The SMILES string of the molecule is Cc1ccc(S(=O)(=O)N2CCCC2C(=O)NCC(N)=O)cc1Cl. The molecule has 3 N–H and O–H groups in total. The Morgan fingerprint density at radius 3 is 2.74 bits per heavy atom. The topological polar surface area (TPSA) is 110 Å². The largest absolute Gasteiger partial charge is 0.368 e. The number of carbonyl (C=O) groups is 2. The Morgan fingerprint density at radius 2 is 2.13 bits per heavy atom. The van der Waals surface area contributed by atoms with Gasteiger partial charge in [0.2, 0.25) is 21.8 Å². The molecule has 2 rings (SSSR count). The summed E-state index contributed by atoms with van der Waals surface area (Å²) in [6.07, 6.45) is 0.955. The van der Waals surface area contributed by atoms with Gasteiger partial charge in [0.05, 0.1) is 11.4 Å². The standard InChI is InChI=1S/C14H18ClN3O4S/c1-9-4-5-10(7-11(9)15)23(21,22)18-6-2-3-12(18)14(20)17-8-13(16)19/h4-5,7,12H,2-3,6,8H2,1H3,(H2,16,19)(H,17,20). The molecule has 1 aromatic carbocycles. The maximum Gasteiger partial charge on any atom is 0.243 e. The third kappa shape index (κ3) is 3.82. The van der Waals surface area contributed by atoms with E-state index >= 15 is 0 Å². The Kier molecular flexibility index (Phi) is 5.28. The molecule has 0 spiro atoms. The summed E-state index contributed by atoms with van der Waals surface area (Å²) in [5.41, 5.74) is 5.75. The van der Waals surface area contributed by atoms with Crippen LogP contribution in [0.25, 0.3) is 0 Å². The van der Waals surface area contributed by atoms with Gasteiger partial charge in [-0.3, -0.25) is 9.59 Å². The summed E-state index contributed by atoms with van der Waals surface area (Å²) in [6, 6.07) is 3.61. The molecule has 126 valence electrons. The van der Waals surface area contributed by atoms with E-state index in [1.807, 2.05) is 0 Å². The molecule has 0 saturated carbocycles. The summed E-state index contributed by atoms with van der Waals surface area (Å²) in [5.74, 6) is -1.21. The van der Waals surface area contributed by atoms with Crippen LogP contribution in [-0.4, -0.2) is 43.7 Å². The Morgan fingerprint density at radius 1 is 1.43 bits per heavy atom. The minimum Gasteiger partial charge on any atom is -0.368 e. The van der Waals surface area contributed by atoms with E-state index in [9.17, 15) is 18.0 Å². The number of halogens is 1. The lowest BCUT2D eigenvalue weighted by molar-refractivity contribution is -0.127. The fourth-order valence-electron chi connectivity index (χ4n) is 2.45. The Balaban J connectivity index is 2.25. The number of primary amides is 1. The molecule has 2 amide bonds. The van der Waals surface area contributed by atoms with Crippen molar-refractivity contribution in [3.63, 3.8) is 0 Å². The predicted octanol–water partition coefficient (Wildman–Crippen LogP) is 0.403. The van der Waals surface area contributed by atoms with E-state index in [-0.39, 0.29) is 18.0 Å². The van der Waals surface area contributed by atoms with Crippen molar-refractivity contribution in [1.82, 2.24) is 9.62 Å². The van der Waals surface area contributed by atoms with E-state index in [2.05, 4.69) is 5.32 Å². The Bertz CT molecular complexity index is 736. The van der Waals surface area contributed by atoms with Crippen molar-refractivity contribution in [1.29, 1.82) is 0 Å². The van der Waals surface area contributed by atoms with Gasteiger partial charge in [-0.1, -0.05) is 17.7 Å². The van der Waals surface area contributed by atoms with Crippen LogP contribution in [0.5, 0.6) is 0 Å². The average Bonchev–Trinajstić information content (AvgIpc) is 2.97. The van der Waals surface area contributed by atoms with E-state index in [4.69, 9.17) is 17.3 Å². The van der Waals surface area contributed by atoms with Crippen molar-refractivity contribution in [2.75, 3.05) is 13.1 Å². The molecule has 0 radical (unpaired) electrons. The number of aryl methyl sites for hydroxylation is 1. The molecule has 1 saturated heterocycles. The maximum atomic E-state index is 12.7. The number of hydrogen-bond donors (Lipinski definition) is 2. The second-order valence-corrected chi connectivity index (χ2v) is 7.67. The van der Waals surface area contributed by atoms with Crippen LogP contribution >= 0.6 is 11.6 Å². The van der Waals surface area contributed by atoms with Crippen molar-refractivity contribution in [3.05, 3.63) is 28.8 Å². The van der Waals surface area contributed by atoms with Crippen LogP contribution in [0, 0.1) is 6.92 Å². The average molecular weight is 360 g/mol. The predicted molar refractivity (Wildman–Crippen MR) is 85.3 cm³/mol. The van der Waals surface area contributed by atoms with Crippen molar-refractivity contribution < 1.29 is 18.0 Å². The first-order valence-corrected chi connectivity index (χ1v) is 8.89. The first-order chi connectivity index (χ1) is 10.7.